The number of thiocarbonyl (C=S) groups is 1. The van der Waals surface area contributed by atoms with Crippen molar-refractivity contribution in [3.63, 3.8) is 0 Å². The van der Waals surface area contributed by atoms with E-state index in [9.17, 15) is 24.0 Å². The molecule has 16 heteroatoms. The van der Waals surface area contributed by atoms with Crippen molar-refractivity contribution in [3.8, 4) is 11.5 Å². The Labute approximate surface area is 401 Å². The molecule has 5 fully saturated rings. The molecule has 12 nitrogen and oxygen atoms in total. The predicted molar refractivity (Wildman–Crippen MR) is 255 cm³/mol. The Kier molecular flexibility index (Phi) is 18.5. The minimum atomic E-state index is -0.408. The summed E-state index contributed by atoms with van der Waals surface area (Å²) in [4.78, 5) is 66.2. The lowest BCUT2D eigenvalue weighted by Crippen LogP contribution is -2.31. The van der Waals surface area contributed by atoms with Crippen LogP contribution in [0, 0.1) is 35.5 Å². The molecule has 65 heavy (non-hydrogen) atoms. The lowest BCUT2D eigenvalue weighted by atomic mass is 9.70. The van der Waals surface area contributed by atoms with E-state index in [-0.39, 0.29) is 41.1 Å². The van der Waals surface area contributed by atoms with Crippen LogP contribution in [0.3, 0.4) is 0 Å². The van der Waals surface area contributed by atoms with Gasteiger partial charge in [-0.15, -0.1) is 0 Å². The van der Waals surface area contributed by atoms with Crippen molar-refractivity contribution < 1.29 is 52.4 Å². The summed E-state index contributed by atoms with van der Waals surface area (Å²) in [6, 6.07) is 3.46. The molecule has 7 rings (SSSR count). The minimum absolute atomic E-state index is 0.138. The number of hydrogen-bond acceptors (Lipinski definition) is 15. The summed E-state index contributed by atoms with van der Waals surface area (Å²) in [6.07, 6.45) is 19.8. The molecule has 354 valence electrons. The van der Waals surface area contributed by atoms with E-state index in [1.807, 2.05) is 0 Å². The molecule has 4 aliphatic carbocycles. The molecule has 1 saturated heterocycles. The number of carbonyl (C=O) groups is 5. The molecular formula is C49H63NO11S4. The van der Waals surface area contributed by atoms with Crippen LogP contribution in [0.2, 0.25) is 0 Å². The van der Waals surface area contributed by atoms with Crippen molar-refractivity contribution >= 4 is 80.8 Å². The molecule has 6 aliphatic rings. The Morgan fingerprint density at radius 3 is 1.35 bits per heavy atom. The fraction of sp³-hybridized carbons (Fsp3) is 0.633. The van der Waals surface area contributed by atoms with E-state index in [2.05, 4.69) is 13.2 Å². The van der Waals surface area contributed by atoms with Crippen molar-refractivity contribution in [3.05, 3.63) is 47.4 Å². The van der Waals surface area contributed by atoms with E-state index >= 15 is 0 Å². The monoisotopic (exact) mass is 969 g/mol. The number of nitrogens with zero attached hydrogens (tertiary/aromatic N) is 1. The van der Waals surface area contributed by atoms with Crippen molar-refractivity contribution in [1.82, 2.24) is 4.90 Å². The molecule has 2 aliphatic heterocycles. The van der Waals surface area contributed by atoms with E-state index in [1.165, 1.54) is 35.7 Å². The van der Waals surface area contributed by atoms with Gasteiger partial charge in [0.25, 0.3) is 0 Å². The third kappa shape index (κ3) is 13.3. The standard InChI is InChI=1S/C49H63NO11S4/c1-4-40(51)58-28-6-26-56-36-20-16-32(17-21-36)30-8-12-34(13-9-30)45(53)60-38-24-25-39(44-43(38)63-48(64-44)42-47(55)65-49(62)50(42)3)61-46(54)35-14-10-31(11-15-35)33-18-22-37(23-19-33)57-27-7-29-59-41(52)5-2/h4-5,24-25,30-37H,1-2,6-23,26-29H2,3H3. The van der Waals surface area contributed by atoms with Crippen LogP contribution in [0.4, 0.5) is 0 Å². The van der Waals surface area contributed by atoms with E-state index in [1.54, 1.807) is 24.1 Å². The number of carbonyl (C=O) groups excluding carboxylic acids is 5. The molecule has 0 radical (unpaired) electrons. The predicted octanol–water partition coefficient (Wildman–Crippen LogP) is 10.4. The fourth-order valence-electron chi connectivity index (χ4n) is 10.4. The molecule has 0 atom stereocenters. The molecule has 0 amide bonds. The SMILES string of the molecule is C=CC(=O)OCCCOC1CCC(C2CCC(C(=O)Oc3ccc(OC(=O)C4CCC(C5CCC(OCCCOC(=O)C=C)CC5)CC4)c4c3SC(=C3C(=O)SC(=S)N3C)S4)CC2)CC1. The van der Waals surface area contributed by atoms with Crippen LogP contribution in [0.1, 0.15) is 116 Å². The molecule has 0 spiro atoms. The quantitative estimate of drug-likeness (QED) is 0.0452. The van der Waals surface area contributed by atoms with Gasteiger partial charge in [-0.25, -0.2) is 9.59 Å². The highest BCUT2D eigenvalue weighted by Gasteiger charge is 2.40. The molecule has 1 aromatic carbocycles. The van der Waals surface area contributed by atoms with Gasteiger partial charge >= 0.3 is 23.9 Å². The van der Waals surface area contributed by atoms with Gasteiger partial charge in [0.1, 0.15) is 21.5 Å². The summed E-state index contributed by atoms with van der Waals surface area (Å²) in [7, 11) is 1.78. The number of ether oxygens (including phenoxy) is 6. The highest BCUT2D eigenvalue weighted by molar-refractivity contribution is 8.34. The largest absolute Gasteiger partial charge is 0.462 e. The number of hydrogen-bond donors (Lipinski definition) is 0. The number of esters is 4. The number of likely N-dealkylation sites (N-methyl/N-ethyl adjacent to an activating group) is 1. The Morgan fingerprint density at radius 2 is 1.00 bits per heavy atom. The lowest BCUT2D eigenvalue weighted by Gasteiger charge is -2.37. The lowest BCUT2D eigenvalue weighted by molar-refractivity contribution is -0.142. The second-order valence-corrected chi connectivity index (χ2v) is 22.0. The zero-order valence-corrected chi connectivity index (χ0v) is 40.7. The molecule has 0 bridgehead atoms. The zero-order chi connectivity index (χ0) is 45.9. The van der Waals surface area contributed by atoms with Gasteiger partial charge in [0.2, 0.25) is 5.12 Å². The summed E-state index contributed by atoms with van der Waals surface area (Å²) >= 11 is 9.19. The fourth-order valence-corrected chi connectivity index (χ4v) is 14.3. The summed E-state index contributed by atoms with van der Waals surface area (Å²) in [5.41, 5.74) is 0.483. The Balaban J connectivity index is 0.894. The smallest absolute Gasteiger partial charge is 0.330 e. The van der Waals surface area contributed by atoms with Crippen LogP contribution in [0.15, 0.2) is 57.2 Å². The summed E-state index contributed by atoms with van der Waals surface area (Å²) in [6.45, 7) is 8.65. The zero-order valence-electron chi connectivity index (χ0n) is 37.5. The van der Waals surface area contributed by atoms with Gasteiger partial charge in [-0.2, -0.15) is 0 Å². The molecule has 0 N–H and O–H groups in total. The summed E-state index contributed by atoms with van der Waals surface area (Å²) in [5.74, 6) is 1.53. The van der Waals surface area contributed by atoms with Gasteiger partial charge in [-0.3, -0.25) is 14.4 Å². The van der Waals surface area contributed by atoms with E-state index in [0.29, 0.717) is 98.5 Å². The molecule has 0 aromatic heterocycles. The number of rotatable bonds is 18. The highest BCUT2D eigenvalue weighted by atomic mass is 32.2. The first-order chi connectivity index (χ1) is 31.5. The van der Waals surface area contributed by atoms with Gasteiger partial charge in [0, 0.05) is 32.0 Å². The normalized spacial score (nSPS) is 28.0. The Hall–Kier alpha value is -3.15. The second kappa shape index (κ2) is 24.2. The molecule has 0 unspecified atom stereocenters. The highest BCUT2D eigenvalue weighted by Crippen LogP contribution is 2.60. The third-order valence-electron chi connectivity index (χ3n) is 14.1. The van der Waals surface area contributed by atoms with Crippen LogP contribution < -0.4 is 9.47 Å². The van der Waals surface area contributed by atoms with Gasteiger partial charge in [-0.05, 0) is 150 Å². The van der Waals surface area contributed by atoms with Crippen LogP contribution in [0.25, 0.3) is 0 Å². The average molecular weight is 970 g/mol. The van der Waals surface area contributed by atoms with Crippen molar-refractivity contribution in [2.24, 2.45) is 35.5 Å². The number of thioether (sulfide) groups is 3. The van der Waals surface area contributed by atoms with Gasteiger partial charge in [0.05, 0.1) is 64.5 Å². The second-order valence-electron chi connectivity index (χ2n) is 18.1. The summed E-state index contributed by atoms with van der Waals surface area (Å²) in [5, 5.41) is -0.138. The van der Waals surface area contributed by atoms with Gasteiger partial charge in [0.15, 0.2) is 0 Å². The topological polar surface area (TPSA) is 144 Å². The molecule has 2 heterocycles. The number of fused-ring (bicyclic) bond motifs is 1. The first kappa shape index (κ1) is 49.7. The summed E-state index contributed by atoms with van der Waals surface area (Å²) < 4.78 is 35.8. The van der Waals surface area contributed by atoms with E-state index < -0.39 is 11.9 Å². The molecular weight excluding hydrogens is 907 g/mol. The van der Waals surface area contributed by atoms with Crippen molar-refractivity contribution in [2.45, 2.75) is 138 Å². The minimum Gasteiger partial charge on any atom is -0.462 e. The molecule has 1 aromatic rings. The van der Waals surface area contributed by atoms with E-state index in [4.69, 9.17) is 40.6 Å². The van der Waals surface area contributed by atoms with E-state index in [0.717, 1.165) is 114 Å². The Bertz CT molecular complexity index is 1840. The number of benzene rings is 1. The van der Waals surface area contributed by atoms with Gasteiger partial charge < -0.3 is 33.3 Å². The van der Waals surface area contributed by atoms with Crippen LogP contribution in [-0.2, 0) is 42.9 Å². The van der Waals surface area contributed by atoms with Gasteiger partial charge in [-0.1, -0.05) is 48.9 Å². The maximum atomic E-state index is 13.8. The third-order valence-corrected chi connectivity index (χ3v) is 18.1. The van der Waals surface area contributed by atoms with Crippen molar-refractivity contribution in [2.75, 3.05) is 33.5 Å². The maximum absolute atomic E-state index is 13.8. The first-order valence-corrected chi connectivity index (χ1v) is 26.4. The maximum Gasteiger partial charge on any atom is 0.330 e. The average Bonchev–Trinajstić information content (AvgIpc) is 3.88. The Morgan fingerprint density at radius 1 is 0.615 bits per heavy atom. The van der Waals surface area contributed by atoms with Crippen molar-refractivity contribution in [1.29, 1.82) is 0 Å². The van der Waals surface area contributed by atoms with Crippen LogP contribution in [0.5, 0.6) is 11.5 Å². The van der Waals surface area contributed by atoms with Crippen LogP contribution in [-0.4, -0.2) is 83.9 Å². The molecule has 4 saturated carbocycles. The van der Waals surface area contributed by atoms with Crippen LogP contribution >= 0.6 is 47.5 Å². The first-order valence-electron chi connectivity index (χ1n) is 23.5.